The van der Waals surface area contributed by atoms with E-state index in [0.29, 0.717) is 22.2 Å². The number of nitrogens with zero attached hydrogens (tertiary/aromatic N) is 2. The van der Waals surface area contributed by atoms with Crippen LogP contribution < -0.4 is 15.1 Å². The molecular weight excluding hydrogens is 454 g/mol. The number of aryl methyl sites for hydroxylation is 1. The van der Waals surface area contributed by atoms with Gasteiger partial charge in [0.05, 0.1) is 5.69 Å². The van der Waals surface area contributed by atoms with Gasteiger partial charge in [0.2, 0.25) is 0 Å². The zero-order valence-electron chi connectivity index (χ0n) is 19.7. The van der Waals surface area contributed by atoms with Crippen molar-refractivity contribution in [3.05, 3.63) is 63.2 Å². The second-order valence-corrected chi connectivity index (χ2v) is 10.4. The van der Waals surface area contributed by atoms with Crippen molar-refractivity contribution in [1.82, 2.24) is 5.32 Å². The van der Waals surface area contributed by atoms with E-state index < -0.39 is 11.8 Å². The van der Waals surface area contributed by atoms with E-state index >= 15 is 0 Å². The molecule has 0 aromatic heterocycles. The molecular formula is C26H28ClN3O2S. The molecule has 1 unspecified atom stereocenters. The number of hydrogen-bond acceptors (Lipinski definition) is 4. The van der Waals surface area contributed by atoms with Gasteiger partial charge in [0.1, 0.15) is 5.57 Å². The second kappa shape index (κ2) is 8.26. The summed E-state index contributed by atoms with van der Waals surface area (Å²) in [4.78, 5) is 29.9. The van der Waals surface area contributed by atoms with Gasteiger partial charge in [0, 0.05) is 23.3 Å². The van der Waals surface area contributed by atoms with Crippen molar-refractivity contribution in [3.63, 3.8) is 0 Å². The fourth-order valence-corrected chi connectivity index (χ4v) is 5.21. The minimum Gasteiger partial charge on any atom is -0.369 e. The average Bonchev–Trinajstić information content (AvgIpc) is 2.72. The molecule has 2 aliphatic rings. The number of fused-ring (bicyclic) bond motifs is 1. The predicted molar refractivity (Wildman–Crippen MR) is 139 cm³/mol. The van der Waals surface area contributed by atoms with Crippen LogP contribution >= 0.6 is 23.8 Å². The van der Waals surface area contributed by atoms with E-state index in [1.54, 1.807) is 6.08 Å². The lowest BCUT2D eigenvalue weighted by Gasteiger charge is -2.45. The van der Waals surface area contributed by atoms with Crippen LogP contribution in [-0.4, -0.2) is 29.5 Å². The van der Waals surface area contributed by atoms with Crippen molar-refractivity contribution in [2.75, 3.05) is 16.8 Å². The van der Waals surface area contributed by atoms with Gasteiger partial charge in [0.15, 0.2) is 5.11 Å². The Labute approximate surface area is 205 Å². The molecule has 172 valence electrons. The first-order valence-electron chi connectivity index (χ1n) is 11.0. The molecule has 1 fully saturated rings. The summed E-state index contributed by atoms with van der Waals surface area (Å²) in [6, 6.07) is 9.59. The van der Waals surface area contributed by atoms with Crippen molar-refractivity contribution in [1.29, 1.82) is 0 Å². The first kappa shape index (κ1) is 23.5. The molecule has 1 N–H and O–H groups in total. The van der Waals surface area contributed by atoms with Crippen molar-refractivity contribution >= 4 is 58.2 Å². The van der Waals surface area contributed by atoms with Crippen LogP contribution in [0, 0.1) is 13.8 Å². The van der Waals surface area contributed by atoms with E-state index in [9.17, 15) is 9.59 Å². The Bertz CT molecular complexity index is 1230. The number of anilines is 2. The minimum atomic E-state index is -0.522. The Morgan fingerprint density at radius 3 is 2.58 bits per heavy atom. The molecule has 2 heterocycles. The van der Waals surface area contributed by atoms with Crippen LogP contribution in [0.2, 0.25) is 5.02 Å². The Balaban J connectivity index is 1.79. The lowest BCUT2D eigenvalue weighted by Crippen LogP contribution is -2.54. The van der Waals surface area contributed by atoms with Gasteiger partial charge in [-0.05, 0) is 98.8 Å². The van der Waals surface area contributed by atoms with Gasteiger partial charge in [-0.25, -0.2) is 0 Å². The molecule has 4 rings (SSSR count). The summed E-state index contributed by atoms with van der Waals surface area (Å²) >= 11 is 12.0. The normalized spacial score (nSPS) is 21.4. The van der Waals surface area contributed by atoms with Gasteiger partial charge in [-0.15, -0.1) is 0 Å². The first-order chi connectivity index (χ1) is 15.4. The van der Waals surface area contributed by atoms with E-state index in [0.717, 1.165) is 28.8 Å². The van der Waals surface area contributed by atoms with Gasteiger partial charge in [-0.1, -0.05) is 30.7 Å². The zero-order valence-corrected chi connectivity index (χ0v) is 21.3. The number of carbonyl (C=O) groups excluding carboxylic acids is 2. The molecule has 1 saturated heterocycles. The van der Waals surface area contributed by atoms with E-state index in [1.165, 1.54) is 4.90 Å². The molecule has 1 atom stereocenters. The molecule has 2 aromatic rings. The number of rotatable bonds is 2. The van der Waals surface area contributed by atoms with Crippen LogP contribution in [-0.2, 0) is 9.59 Å². The highest BCUT2D eigenvalue weighted by molar-refractivity contribution is 7.80. The Morgan fingerprint density at radius 2 is 1.88 bits per heavy atom. The highest BCUT2D eigenvalue weighted by Gasteiger charge is 2.37. The monoisotopic (exact) mass is 481 g/mol. The highest BCUT2D eigenvalue weighted by atomic mass is 35.5. The van der Waals surface area contributed by atoms with Gasteiger partial charge in [-0.3, -0.25) is 19.8 Å². The van der Waals surface area contributed by atoms with Crippen LogP contribution in [0.3, 0.4) is 0 Å². The maximum atomic E-state index is 13.5. The smallest absolute Gasteiger partial charge is 0.270 e. The third kappa shape index (κ3) is 3.96. The van der Waals surface area contributed by atoms with Gasteiger partial charge in [0.25, 0.3) is 11.8 Å². The molecule has 2 aromatic carbocycles. The van der Waals surface area contributed by atoms with Crippen molar-refractivity contribution < 1.29 is 9.59 Å². The second-order valence-electron chi connectivity index (χ2n) is 9.59. The Morgan fingerprint density at radius 1 is 1.18 bits per heavy atom. The maximum absolute atomic E-state index is 13.5. The molecule has 0 spiro atoms. The topological polar surface area (TPSA) is 52.7 Å². The number of nitrogens with one attached hydrogen (secondary N) is 1. The summed E-state index contributed by atoms with van der Waals surface area (Å²) in [6.45, 7) is 10.5. The minimum absolute atomic E-state index is 0.00324. The van der Waals surface area contributed by atoms with Gasteiger partial charge in [-0.2, -0.15) is 0 Å². The average molecular weight is 482 g/mol. The molecule has 0 aliphatic carbocycles. The van der Waals surface area contributed by atoms with Crippen molar-refractivity contribution in [3.8, 4) is 0 Å². The third-order valence-electron chi connectivity index (χ3n) is 6.97. The van der Waals surface area contributed by atoms with Crippen LogP contribution in [0.15, 0.2) is 35.9 Å². The lowest BCUT2D eigenvalue weighted by atomic mass is 9.80. The van der Waals surface area contributed by atoms with Gasteiger partial charge < -0.3 is 4.90 Å². The quantitative estimate of drug-likeness (QED) is 0.349. The molecule has 33 heavy (non-hydrogen) atoms. The van der Waals surface area contributed by atoms with E-state index in [1.807, 2.05) is 44.2 Å². The number of hydrogen-bond donors (Lipinski definition) is 1. The first-order valence-corrected chi connectivity index (χ1v) is 11.8. The number of thiocarbonyl (C=S) groups is 1. The summed E-state index contributed by atoms with van der Waals surface area (Å²) in [5.41, 5.74) is 5.49. The molecule has 0 radical (unpaired) electrons. The van der Waals surface area contributed by atoms with Crippen LogP contribution in [0.25, 0.3) is 6.08 Å². The van der Waals surface area contributed by atoms with E-state index in [4.69, 9.17) is 23.8 Å². The summed E-state index contributed by atoms with van der Waals surface area (Å²) in [5.74, 6) is -0.667. The summed E-state index contributed by atoms with van der Waals surface area (Å²) < 4.78 is 0. The number of amides is 2. The van der Waals surface area contributed by atoms with Crippen LogP contribution in [0.4, 0.5) is 11.4 Å². The number of benzene rings is 2. The molecule has 5 nitrogen and oxygen atoms in total. The maximum Gasteiger partial charge on any atom is 0.270 e. The van der Waals surface area contributed by atoms with Gasteiger partial charge >= 0.3 is 0 Å². The summed E-state index contributed by atoms with van der Waals surface area (Å²) in [7, 11) is 2.07. The lowest BCUT2D eigenvalue weighted by molar-refractivity contribution is -0.122. The number of halogens is 1. The highest BCUT2D eigenvalue weighted by Crippen LogP contribution is 2.44. The third-order valence-corrected chi connectivity index (χ3v) is 7.58. The van der Waals surface area contributed by atoms with E-state index in [-0.39, 0.29) is 16.2 Å². The van der Waals surface area contributed by atoms with Crippen molar-refractivity contribution in [2.24, 2.45) is 0 Å². The number of carbonyl (C=O) groups is 2. The van der Waals surface area contributed by atoms with Crippen molar-refractivity contribution in [2.45, 2.75) is 52.5 Å². The van der Waals surface area contributed by atoms with Crippen LogP contribution in [0.5, 0.6) is 0 Å². The van der Waals surface area contributed by atoms with Crippen LogP contribution in [0.1, 0.15) is 55.4 Å². The largest absolute Gasteiger partial charge is 0.369 e. The SMILES string of the molecule is Cc1cccc(N2C(=O)/C(=C\c3cc4c(cc3Cl)N(C)C(C)(C)CC4C)C(=O)NC2=S)c1C. The molecule has 2 aliphatic heterocycles. The molecule has 0 saturated carbocycles. The zero-order chi connectivity index (χ0) is 24.2. The predicted octanol–water partition coefficient (Wildman–Crippen LogP) is 5.51. The fraction of sp³-hybridized carbons (Fsp3) is 0.346. The molecule has 0 bridgehead atoms. The summed E-state index contributed by atoms with van der Waals surface area (Å²) in [6.07, 6.45) is 2.56. The fourth-order valence-electron chi connectivity index (χ4n) is 4.72. The Kier molecular flexibility index (Phi) is 5.87. The summed E-state index contributed by atoms with van der Waals surface area (Å²) in [5, 5.41) is 3.23. The molecule has 7 heteroatoms. The van der Waals surface area contributed by atoms with E-state index in [2.05, 4.69) is 38.0 Å². The Hall–Kier alpha value is -2.70. The standard InChI is InChI=1S/C26H28ClN3O2S/c1-14-8-7-9-21(16(14)3)30-24(32)19(23(31)28-25(30)33)11-17-10-18-15(2)13-26(4,5)29(6)22(18)12-20(17)27/h7-12,15H,13H2,1-6H3,(H,28,31,33)/b19-11-. The molecule has 2 amide bonds.